The lowest BCUT2D eigenvalue weighted by molar-refractivity contribution is -0.122. The average Bonchev–Trinajstić information content (AvgIpc) is 2.86. The molecule has 8 nitrogen and oxygen atoms in total. The van der Waals surface area contributed by atoms with Gasteiger partial charge in [0.1, 0.15) is 17.9 Å². The Bertz CT molecular complexity index is 1360. The first kappa shape index (κ1) is 25.5. The number of rotatable bonds is 7. The van der Waals surface area contributed by atoms with Gasteiger partial charge in [-0.1, -0.05) is 23.7 Å². The molecule has 1 fully saturated rings. The van der Waals surface area contributed by atoms with Crippen LogP contribution in [0.15, 0.2) is 66.2 Å². The number of benzene rings is 3. The number of nitrogens with zero attached hydrogens (tertiary/aromatic N) is 1. The second kappa shape index (κ2) is 11.0. The molecule has 0 bridgehead atoms. The zero-order valence-corrected chi connectivity index (χ0v) is 22.1. The second-order valence-electron chi connectivity index (χ2n) is 7.61. The van der Waals surface area contributed by atoms with Crippen LogP contribution in [0.4, 0.5) is 10.5 Å². The van der Waals surface area contributed by atoms with Crippen molar-refractivity contribution < 1.29 is 28.6 Å². The number of methoxy groups -OCH3 is 2. The highest BCUT2D eigenvalue weighted by Gasteiger charge is 2.36. The summed E-state index contributed by atoms with van der Waals surface area (Å²) in [5.41, 5.74) is 1.57. The Morgan fingerprint density at radius 3 is 2.31 bits per heavy atom. The van der Waals surface area contributed by atoms with Crippen LogP contribution in [0.3, 0.4) is 0 Å². The second-order valence-corrected chi connectivity index (χ2v) is 9.20. The van der Waals surface area contributed by atoms with Gasteiger partial charge < -0.3 is 14.2 Å². The van der Waals surface area contributed by atoms with Gasteiger partial charge in [-0.15, -0.1) is 0 Å². The minimum absolute atomic E-state index is 0.194. The number of ether oxygens (including phenoxy) is 3. The zero-order valence-electron chi connectivity index (χ0n) is 19.2. The zero-order chi connectivity index (χ0) is 25.8. The number of barbiturate groups is 1. The van der Waals surface area contributed by atoms with E-state index >= 15 is 0 Å². The topological polar surface area (TPSA) is 94.2 Å². The van der Waals surface area contributed by atoms with Crippen LogP contribution in [0.2, 0.25) is 5.02 Å². The fourth-order valence-electron chi connectivity index (χ4n) is 3.52. The van der Waals surface area contributed by atoms with Gasteiger partial charge in [0.2, 0.25) is 0 Å². The monoisotopic (exact) mass is 618 g/mol. The minimum Gasteiger partial charge on any atom is -0.493 e. The first-order valence-electron chi connectivity index (χ1n) is 10.6. The molecule has 3 aromatic rings. The highest BCUT2D eigenvalue weighted by molar-refractivity contribution is 14.1. The third kappa shape index (κ3) is 5.47. The van der Waals surface area contributed by atoms with E-state index in [9.17, 15) is 14.4 Å². The summed E-state index contributed by atoms with van der Waals surface area (Å²) in [6, 6.07) is 16.2. The number of nitrogens with one attached hydrogen (secondary N) is 1. The lowest BCUT2D eigenvalue weighted by Gasteiger charge is -2.26. The summed E-state index contributed by atoms with van der Waals surface area (Å²) in [6.45, 7) is 0.325. The Kier molecular flexibility index (Phi) is 7.80. The van der Waals surface area contributed by atoms with Gasteiger partial charge in [-0.2, -0.15) is 0 Å². The Morgan fingerprint density at radius 1 is 0.972 bits per heavy atom. The van der Waals surface area contributed by atoms with Crippen molar-refractivity contribution in [2.45, 2.75) is 6.61 Å². The number of halogens is 2. The molecular weight excluding hydrogens is 599 g/mol. The summed E-state index contributed by atoms with van der Waals surface area (Å²) in [5, 5.41) is 2.86. The number of hydrogen-bond acceptors (Lipinski definition) is 6. The maximum atomic E-state index is 13.2. The molecule has 0 spiro atoms. The Balaban J connectivity index is 1.56. The summed E-state index contributed by atoms with van der Waals surface area (Å²) in [5.74, 6) is -0.000431. The average molecular weight is 619 g/mol. The van der Waals surface area contributed by atoms with Crippen LogP contribution >= 0.6 is 34.2 Å². The first-order chi connectivity index (χ1) is 17.3. The summed E-state index contributed by atoms with van der Waals surface area (Å²) in [7, 11) is 3.01. The molecule has 0 unspecified atom stereocenters. The van der Waals surface area contributed by atoms with Crippen LogP contribution in [-0.2, 0) is 16.2 Å². The molecule has 0 atom stereocenters. The van der Waals surface area contributed by atoms with Crippen molar-refractivity contribution in [1.29, 1.82) is 0 Å². The Morgan fingerprint density at radius 2 is 1.67 bits per heavy atom. The SMILES string of the molecule is COc1cc(/C=C2\C(=O)NC(=O)N(c3ccc(OCc4ccc(Cl)cc4)cc3)C2=O)cc(I)c1OC. The Hall–Kier alpha value is -3.57. The molecular formula is C26H20ClIN2O6. The molecule has 10 heteroatoms. The van der Waals surface area contributed by atoms with Crippen molar-refractivity contribution in [2.24, 2.45) is 0 Å². The van der Waals surface area contributed by atoms with E-state index < -0.39 is 17.8 Å². The van der Waals surface area contributed by atoms with Gasteiger partial charge in [0.15, 0.2) is 11.5 Å². The number of hydrogen-bond donors (Lipinski definition) is 1. The number of amides is 4. The molecule has 36 heavy (non-hydrogen) atoms. The fourth-order valence-corrected chi connectivity index (χ4v) is 4.49. The highest BCUT2D eigenvalue weighted by atomic mass is 127. The number of anilines is 1. The van der Waals surface area contributed by atoms with Crippen molar-refractivity contribution >= 4 is 63.8 Å². The standard InChI is InChI=1S/C26H20ClIN2O6/c1-34-22-13-16(12-21(28)23(22)35-2)11-20-24(31)29-26(33)30(25(20)32)18-7-9-19(10-8-18)36-14-15-3-5-17(27)6-4-15/h3-13H,14H2,1-2H3,(H,29,31,33)/b20-11+. The van der Waals surface area contributed by atoms with Crippen LogP contribution in [0, 0.1) is 3.57 Å². The van der Waals surface area contributed by atoms with Crippen molar-refractivity contribution in [1.82, 2.24) is 5.32 Å². The quantitative estimate of drug-likeness (QED) is 0.222. The number of carbonyl (C=O) groups is 3. The lowest BCUT2D eigenvalue weighted by Crippen LogP contribution is -2.54. The highest BCUT2D eigenvalue weighted by Crippen LogP contribution is 2.34. The van der Waals surface area contributed by atoms with E-state index in [0.29, 0.717) is 34.4 Å². The smallest absolute Gasteiger partial charge is 0.335 e. The normalized spacial score (nSPS) is 14.6. The van der Waals surface area contributed by atoms with Gasteiger partial charge in [0.05, 0.1) is 23.5 Å². The Labute approximate surface area is 225 Å². The van der Waals surface area contributed by atoms with Crippen LogP contribution < -0.4 is 24.4 Å². The van der Waals surface area contributed by atoms with Gasteiger partial charge in [0.25, 0.3) is 11.8 Å². The fraction of sp³-hybridized carbons (Fsp3) is 0.115. The van der Waals surface area contributed by atoms with Gasteiger partial charge >= 0.3 is 6.03 Å². The van der Waals surface area contributed by atoms with E-state index in [1.165, 1.54) is 20.3 Å². The third-order valence-corrected chi connectivity index (χ3v) is 6.34. The van der Waals surface area contributed by atoms with Crippen molar-refractivity contribution in [3.8, 4) is 17.2 Å². The van der Waals surface area contributed by atoms with Crippen LogP contribution in [0.5, 0.6) is 17.2 Å². The van der Waals surface area contributed by atoms with E-state index in [1.54, 1.807) is 48.5 Å². The number of imide groups is 2. The molecule has 1 saturated heterocycles. The molecule has 4 rings (SSSR count). The van der Waals surface area contributed by atoms with E-state index in [4.69, 9.17) is 25.8 Å². The predicted octanol–water partition coefficient (Wildman–Crippen LogP) is 5.21. The summed E-state index contributed by atoms with van der Waals surface area (Å²) in [6.07, 6.45) is 1.41. The van der Waals surface area contributed by atoms with Crippen molar-refractivity contribution in [2.75, 3.05) is 19.1 Å². The van der Waals surface area contributed by atoms with Gasteiger partial charge in [-0.3, -0.25) is 14.9 Å². The molecule has 184 valence electrons. The molecule has 0 radical (unpaired) electrons. The largest absolute Gasteiger partial charge is 0.493 e. The van der Waals surface area contributed by atoms with Gasteiger partial charge in [-0.25, -0.2) is 9.69 Å². The molecule has 1 aliphatic heterocycles. The van der Waals surface area contributed by atoms with Crippen LogP contribution in [0.25, 0.3) is 6.08 Å². The van der Waals surface area contributed by atoms with E-state index in [0.717, 1.165) is 14.0 Å². The summed E-state index contributed by atoms with van der Waals surface area (Å²) in [4.78, 5) is 39.2. The maximum Gasteiger partial charge on any atom is 0.335 e. The summed E-state index contributed by atoms with van der Waals surface area (Å²) >= 11 is 7.97. The number of carbonyl (C=O) groups excluding carboxylic acids is 3. The molecule has 4 amide bonds. The number of urea groups is 1. The van der Waals surface area contributed by atoms with E-state index in [1.807, 2.05) is 12.1 Å². The van der Waals surface area contributed by atoms with E-state index in [2.05, 4.69) is 27.9 Å². The van der Waals surface area contributed by atoms with E-state index in [-0.39, 0.29) is 11.3 Å². The molecule has 1 N–H and O–H groups in total. The van der Waals surface area contributed by atoms with Gasteiger partial charge in [0, 0.05) is 5.02 Å². The van der Waals surface area contributed by atoms with Crippen molar-refractivity contribution in [3.05, 3.63) is 86.0 Å². The van der Waals surface area contributed by atoms with Crippen molar-refractivity contribution in [3.63, 3.8) is 0 Å². The summed E-state index contributed by atoms with van der Waals surface area (Å²) < 4.78 is 17.2. The van der Waals surface area contributed by atoms with Gasteiger partial charge in [-0.05, 0) is 88.3 Å². The first-order valence-corrected chi connectivity index (χ1v) is 12.1. The molecule has 1 heterocycles. The molecule has 3 aromatic carbocycles. The molecule has 0 aliphatic carbocycles. The molecule has 0 aromatic heterocycles. The minimum atomic E-state index is -0.834. The van der Waals surface area contributed by atoms with Crippen LogP contribution in [-0.4, -0.2) is 32.1 Å². The lowest BCUT2D eigenvalue weighted by atomic mass is 10.1. The van der Waals surface area contributed by atoms with Crippen LogP contribution in [0.1, 0.15) is 11.1 Å². The molecule has 1 aliphatic rings. The molecule has 0 saturated carbocycles. The maximum absolute atomic E-state index is 13.2. The third-order valence-electron chi connectivity index (χ3n) is 5.28. The predicted molar refractivity (Wildman–Crippen MR) is 143 cm³/mol.